The third-order valence-electron chi connectivity index (χ3n) is 1.38. The average Bonchev–Trinajstić information content (AvgIpc) is 2.07. The van der Waals surface area contributed by atoms with E-state index in [1.54, 1.807) is 0 Å². The molecule has 0 aromatic carbocycles. The SMILES string of the molecule is Cc1nnc(SCCF)nc1C. The molecule has 1 aromatic rings. The van der Waals surface area contributed by atoms with Crippen molar-refractivity contribution in [3.05, 3.63) is 11.4 Å². The van der Waals surface area contributed by atoms with E-state index in [1.807, 2.05) is 13.8 Å². The van der Waals surface area contributed by atoms with Gasteiger partial charge in [-0.1, -0.05) is 11.8 Å². The Bertz CT molecular complexity index is 267. The second kappa shape index (κ2) is 4.35. The van der Waals surface area contributed by atoms with Crippen molar-refractivity contribution in [2.24, 2.45) is 0 Å². The highest BCUT2D eigenvalue weighted by Gasteiger charge is 2.00. The molecule has 0 radical (unpaired) electrons. The number of thioether (sulfide) groups is 1. The average molecular weight is 187 g/mol. The molecule has 5 heteroatoms. The van der Waals surface area contributed by atoms with Gasteiger partial charge < -0.3 is 0 Å². The Morgan fingerprint density at radius 2 is 2.00 bits per heavy atom. The molecule has 0 N–H and O–H groups in total. The third kappa shape index (κ3) is 2.41. The van der Waals surface area contributed by atoms with Crippen LogP contribution in [0.4, 0.5) is 4.39 Å². The van der Waals surface area contributed by atoms with Crippen molar-refractivity contribution in [1.82, 2.24) is 15.2 Å². The van der Waals surface area contributed by atoms with Gasteiger partial charge in [0.2, 0.25) is 5.16 Å². The van der Waals surface area contributed by atoms with Crippen LogP contribution in [0.1, 0.15) is 11.4 Å². The topological polar surface area (TPSA) is 38.7 Å². The van der Waals surface area contributed by atoms with Crippen molar-refractivity contribution in [3.63, 3.8) is 0 Å². The van der Waals surface area contributed by atoms with Crippen LogP contribution in [0.3, 0.4) is 0 Å². The van der Waals surface area contributed by atoms with E-state index >= 15 is 0 Å². The lowest BCUT2D eigenvalue weighted by atomic mass is 10.4. The van der Waals surface area contributed by atoms with Gasteiger partial charge in [0.25, 0.3) is 0 Å². The van der Waals surface area contributed by atoms with Gasteiger partial charge in [0.05, 0.1) is 18.1 Å². The van der Waals surface area contributed by atoms with Crippen molar-refractivity contribution in [3.8, 4) is 0 Å². The van der Waals surface area contributed by atoms with Gasteiger partial charge >= 0.3 is 0 Å². The Kier molecular flexibility index (Phi) is 3.40. The minimum absolute atomic E-state index is 0.360. The van der Waals surface area contributed by atoms with Crippen molar-refractivity contribution < 1.29 is 4.39 Å². The minimum Gasteiger partial charge on any atom is -0.250 e. The summed E-state index contributed by atoms with van der Waals surface area (Å²) in [5.41, 5.74) is 1.67. The molecule has 0 spiro atoms. The molecule has 0 saturated heterocycles. The molecular formula is C7H10FN3S. The van der Waals surface area contributed by atoms with Gasteiger partial charge in [-0.2, -0.15) is 5.10 Å². The maximum Gasteiger partial charge on any atom is 0.209 e. The molecule has 3 nitrogen and oxygen atoms in total. The van der Waals surface area contributed by atoms with Gasteiger partial charge in [0.1, 0.15) is 0 Å². The van der Waals surface area contributed by atoms with Crippen LogP contribution < -0.4 is 0 Å². The molecule has 0 saturated carbocycles. The van der Waals surface area contributed by atoms with E-state index in [-0.39, 0.29) is 6.67 Å². The Morgan fingerprint density at radius 3 is 2.58 bits per heavy atom. The van der Waals surface area contributed by atoms with Gasteiger partial charge in [-0.3, -0.25) is 4.39 Å². The highest BCUT2D eigenvalue weighted by molar-refractivity contribution is 7.99. The van der Waals surface area contributed by atoms with Gasteiger partial charge in [-0.15, -0.1) is 5.10 Å². The number of aryl methyl sites for hydroxylation is 2. The van der Waals surface area contributed by atoms with Crippen LogP contribution in [0.5, 0.6) is 0 Å². The van der Waals surface area contributed by atoms with Crippen LogP contribution in [-0.4, -0.2) is 27.6 Å². The first-order valence-corrected chi connectivity index (χ1v) is 4.59. The Labute approximate surface area is 74.8 Å². The van der Waals surface area contributed by atoms with E-state index in [1.165, 1.54) is 11.8 Å². The lowest BCUT2D eigenvalue weighted by Crippen LogP contribution is -1.98. The van der Waals surface area contributed by atoms with Crippen LogP contribution in [0.2, 0.25) is 0 Å². The fourth-order valence-corrected chi connectivity index (χ4v) is 1.19. The van der Waals surface area contributed by atoms with Gasteiger partial charge in [-0.25, -0.2) is 4.98 Å². The molecular weight excluding hydrogens is 177 g/mol. The Hall–Kier alpha value is -0.710. The lowest BCUT2D eigenvalue weighted by molar-refractivity contribution is 0.532. The zero-order chi connectivity index (χ0) is 8.97. The molecule has 0 atom stereocenters. The highest BCUT2D eigenvalue weighted by atomic mass is 32.2. The predicted octanol–water partition coefficient (Wildman–Crippen LogP) is 1.55. The summed E-state index contributed by atoms with van der Waals surface area (Å²) in [6.45, 7) is 3.35. The second-order valence-corrected chi connectivity index (χ2v) is 3.36. The number of halogens is 1. The summed E-state index contributed by atoms with van der Waals surface area (Å²) in [6, 6.07) is 0. The fourth-order valence-electron chi connectivity index (χ4n) is 0.628. The number of hydrogen-bond acceptors (Lipinski definition) is 4. The zero-order valence-corrected chi connectivity index (χ0v) is 7.86. The number of nitrogens with zero attached hydrogens (tertiary/aromatic N) is 3. The molecule has 1 rings (SSSR count). The summed E-state index contributed by atoms with van der Waals surface area (Å²) >= 11 is 1.28. The summed E-state index contributed by atoms with van der Waals surface area (Å²) in [6.07, 6.45) is 0. The van der Waals surface area contributed by atoms with Crippen LogP contribution in [0, 0.1) is 13.8 Å². The lowest BCUT2D eigenvalue weighted by Gasteiger charge is -1.99. The number of hydrogen-bond donors (Lipinski definition) is 0. The summed E-state index contributed by atoms with van der Waals surface area (Å²) in [4.78, 5) is 4.13. The van der Waals surface area contributed by atoms with Crippen molar-refractivity contribution in [2.75, 3.05) is 12.4 Å². The maximum atomic E-state index is 11.8. The monoisotopic (exact) mass is 187 g/mol. The van der Waals surface area contributed by atoms with E-state index in [4.69, 9.17) is 0 Å². The van der Waals surface area contributed by atoms with Gasteiger partial charge in [-0.05, 0) is 13.8 Å². The molecule has 0 aliphatic heterocycles. The molecule has 0 aliphatic carbocycles. The molecule has 0 amide bonds. The number of aromatic nitrogens is 3. The highest BCUT2D eigenvalue weighted by Crippen LogP contribution is 2.11. The number of rotatable bonds is 3. The smallest absolute Gasteiger partial charge is 0.209 e. The first kappa shape index (κ1) is 9.38. The second-order valence-electron chi connectivity index (χ2n) is 2.30. The largest absolute Gasteiger partial charge is 0.250 e. The normalized spacial score (nSPS) is 10.2. The van der Waals surface area contributed by atoms with Crippen molar-refractivity contribution in [2.45, 2.75) is 19.0 Å². The summed E-state index contributed by atoms with van der Waals surface area (Å²) in [7, 11) is 0. The van der Waals surface area contributed by atoms with E-state index in [0.717, 1.165) is 11.4 Å². The predicted molar refractivity (Wildman–Crippen MR) is 46.0 cm³/mol. The molecule has 1 aromatic heterocycles. The quantitative estimate of drug-likeness (QED) is 0.673. The Balaban J connectivity index is 2.69. The first-order chi connectivity index (χ1) is 5.74. The molecule has 0 aliphatic rings. The van der Waals surface area contributed by atoms with E-state index < -0.39 is 0 Å². The van der Waals surface area contributed by atoms with E-state index in [9.17, 15) is 4.39 Å². The molecule has 0 unspecified atom stereocenters. The van der Waals surface area contributed by atoms with E-state index in [2.05, 4.69) is 15.2 Å². The maximum absolute atomic E-state index is 11.8. The summed E-state index contributed by atoms with van der Waals surface area (Å²) in [5, 5.41) is 8.24. The summed E-state index contributed by atoms with van der Waals surface area (Å²) < 4.78 is 11.8. The van der Waals surface area contributed by atoms with Crippen molar-refractivity contribution >= 4 is 11.8 Å². The minimum atomic E-state index is -0.360. The third-order valence-corrected chi connectivity index (χ3v) is 2.17. The van der Waals surface area contributed by atoms with E-state index in [0.29, 0.717) is 10.9 Å². The van der Waals surface area contributed by atoms with Gasteiger partial charge in [0, 0.05) is 5.75 Å². The van der Waals surface area contributed by atoms with Crippen molar-refractivity contribution in [1.29, 1.82) is 0 Å². The molecule has 1 heterocycles. The zero-order valence-electron chi connectivity index (χ0n) is 7.04. The van der Waals surface area contributed by atoms with Crippen LogP contribution in [0.15, 0.2) is 5.16 Å². The fraction of sp³-hybridized carbons (Fsp3) is 0.571. The first-order valence-electron chi connectivity index (χ1n) is 3.60. The molecule has 0 bridgehead atoms. The van der Waals surface area contributed by atoms with Gasteiger partial charge in [0.15, 0.2) is 0 Å². The standard InChI is InChI=1S/C7H10FN3S/c1-5-6(2)10-11-7(9-5)12-4-3-8/h3-4H2,1-2H3. The van der Waals surface area contributed by atoms with Crippen LogP contribution >= 0.6 is 11.8 Å². The molecule has 66 valence electrons. The van der Waals surface area contributed by atoms with Crippen LogP contribution in [-0.2, 0) is 0 Å². The Morgan fingerprint density at radius 1 is 1.25 bits per heavy atom. The number of alkyl halides is 1. The molecule has 0 fully saturated rings. The molecule has 12 heavy (non-hydrogen) atoms. The van der Waals surface area contributed by atoms with Crippen LogP contribution in [0.25, 0.3) is 0 Å². The summed E-state index contributed by atoms with van der Waals surface area (Å²) in [5.74, 6) is 0.393.